The Hall–Kier alpha value is -1.53. The van der Waals surface area contributed by atoms with Gasteiger partial charge in [0.25, 0.3) is 0 Å². The molecule has 86 valence electrons. The van der Waals surface area contributed by atoms with Crippen molar-refractivity contribution in [3.8, 4) is 6.07 Å². The van der Waals surface area contributed by atoms with Crippen molar-refractivity contribution in [1.29, 1.82) is 5.26 Å². The van der Waals surface area contributed by atoms with E-state index in [2.05, 4.69) is 17.9 Å². The number of nitriles is 1. The van der Waals surface area contributed by atoms with Crippen LogP contribution in [-0.2, 0) is 4.74 Å². The number of nitrogens with zero attached hydrogens (tertiary/aromatic N) is 2. The summed E-state index contributed by atoms with van der Waals surface area (Å²) in [6, 6.07) is 9.77. The highest BCUT2D eigenvalue weighted by Crippen LogP contribution is 2.14. The maximum atomic E-state index is 8.71. The summed E-state index contributed by atoms with van der Waals surface area (Å²) < 4.78 is 5.34. The number of likely N-dealkylation sites (N-methyl/N-ethyl adjacent to an activating group) is 1. The molecule has 0 saturated carbocycles. The lowest BCUT2D eigenvalue weighted by atomic mass is 10.2. The van der Waals surface area contributed by atoms with Crippen molar-refractivity contribution < 1.29 is 4.74 Å². The molecule has 0 aliphatic carbocycles. The zero-order valence-corrected chi connectivity index (χ0v) is 9.94. The lowest BCUT2D eigenvalue weighted by Crippen LogP contribution is -2.27. The largest absolute Gasteiger partial charge is 0.380 e. The summed E-state index contributed by atoms with van der Waals surface area (Å²) >= 11 is 0. The molecular weight excluding hydrogens is 200 g/mol. The topological polar surface area (TPSA) is 36.3 Å². The maximum absolute atomic E-state index is 8.71. The van der Waals surface area contributed by atoms with Crippen LogP contribution in [0.4, 0.5) is 5.69 Å². The van der Waals surface area contributed by atoms with Gasteiger partial charge < -0.3 is 9.64 Å². The molecule has 16 heavy (non-hydrogen) atoms. The van der Waals surface area contributed by atoms with E-state index in [4.69, 9.17) is 10.00 Å². The van der Waals surface area contributed by atoms with E-state index in [1.54, 1.807) is 0 Å². The Morgan fingerprint density at radius 2 is 1.94 bits per heavy atom. The fraction of sp³-hybridized carbons (Fsp3) is 0.462. The molecule has 3 nitrogen and oxygen atoms in total. The molecule has 1 rings (SSSR count). The van der Waals surface area contributed by atoms with Gasteiger partial charge in [-0.15, -0.1) is 0 Å². The molecule has 0 heterocycles. The van der Waals surface area contributed by atoms with Crippen molar-refractivity contribution >= 4 is 5.69 Å². The summed E-state index contributed by atoms with van der Waals surface area (Å²) in [5.41, 5.74) is 1.84. The average Bonchev–Trinajstić information content (AvgIpc) is 2.35. The van der Waals surface area contributed by atoms with Crippen molar-refractivity contribution in [1.82, 2.24) is 0 Å². The van der Waals surface area contributed by atoms with Crippen LogP contribution in [0.2, 0.25) is 0 Å². The van der Waals surface area contributed by atoms with E-state index in [1.807, 2.05) is 31.2 Å². The number of hydrogen-bond acceptors (Lipinski definition) is 3. The molecule has 0 unspecified atom stereocenters. The molecule has 0 aliphatic rings. The lowest BCUT2D eigenvalue weighted by Gasteiger charge is -2.22. The summed E-state index contributed by atoms with van der Waals surface area (Å²) in [4.78, 5) is 2.23. The Balaban J connectivity index is 2.60. The smallest absolute Gasteiger partial charge is 0.0991 e. The first-order valence-corrected chi connectivity index (χ1v) is 5.64. The van der Waals surface area contributed by atoms with Gasteiger partial charge in [0.05, 0.1) is 18.2 Å². The first kappa shape index (κ1) is 12.5. The third kappa shape index (κ3) is 3.56. The minimum atomic E-state index is 0.699. The van der Waals surface area contributed by atoms with Crippen molar-refractivity contribution in [2.24, 2.45) is 0 Å². The van der Waals surface area contributed by atoms with Crippen LogP contribution in [0.15, 0.2) is 24.3 Å². The monoisotopic (exact) mass is 218 g/mol. The van der Waals surface area contributed by atoms with E-state index in [0.717, 1.165) is 32.0 Å². The van der Waals surface area contributed by atoms with Crippen molar-refractivity contribution in [2.45, 2.75) is 13.8 Å². The number of hydrogen-bond donors (Lipinski definition) is 0. The fourth-order valence-electron chi connectivity index (χ4n) is 1.54. The van der Waals surface area contributed by atoms with E-state index >= 15 is 0 Å². The Morgan fingerprint density at radius 3 is 2.44 bits per heavy atom. The van der Waals surface area contributed by atoms with Crippen LogP contribution in [0.25, 0.3) is 0 Å². The van der Waals surface area contributed by atoms with Crippen LogP contribution in [0.1, 0.15) is 19.4 Å². The van der Waals surface area contributed by atoms with Crippen molar-refractivity contribution in [3.63, 3.8) is 0 Å². The standard InChI is InChI=1S/C13H18N2O/c1-3-15(9-10-16-4-2)13-7-5-12(11-14)6-8-13/h5-8H,3-4,9-10H2,1-2H3. The number of ether oxygens (including phenoxy) is 1. The molecule has 0 atom stereocenters. The van der Waals surface area contributed by atoms with E-state index in [-0.39, 0.29) is 0 Å². The van der Waals surface area contributed by atoms with Crippen LogP contribution in [-0.4, -0.2) is 26.3 Å². The first-order chi connectivity index (χ1) is 7.81. The first-order valence-electron chi connectivity index (χ1n) is 5.64. The van der Waals surface area contributed by atoms with Crippen LogP contribution < -0.4 is 4.90 Å². The highest BCUT2D eigenvalue weighted by atomic mass is 16.5. The Kier molecular flexibility index (Phi) is 5.38. The Bertz CT molecular complexity index is 340. The average molecular weight is 218 g/mol. The zero-order valence-electron chi connectivity index (χ0n) is 9.94. The molecule has 0 N–H and O–H groups in total. The molecule has 1 aromatic rings. The molecule has 0 spiro atoms. The highest BCUT2D eigenvalue weighted by molar-refractivity contribution is 5.49. The van der Waals surface area contributed by atoms with Gasteiger partial charge in [-0.3, -0.25) is 0 Å². The lowest BCUT2D eigenvalue weighted by molar-refractivity contribution is 0.154. The van der Waals surface area contributed by atoms with Crippen LogP contribution in [0.3, 0.4) is 0 Å². The minimum Gasteiger partial charge on any atom is -0.380 e. The second-order valence-corrected chi connectivity index (χ2v) is 3.44. The van der Waals surface area contributed by atoms with Gasteiger partial charge in [-0.1, -0.05) is 0 Å². The third-order valence-corrected chi connectivity index (χ3v) is 2.45. The number of benzene rings is 1. The highest BCUT2D eigenvalue weighted by Gasteiger charge is 2.03. The maximum Gasteiger partial charge on any atom is 0.0991 e. The molecule has 0 saturated heterocycles. The molecular formula is C13H18N2O. The molecule has 0 radical (unpaired) electrons. The molecule has 0 aromatic heterocycles. The predicted octanol–water partition coefficient (Wildman–Crippen LogP) is 2.42. The van der Waals surface area contributed by atoms with Crippen LogP contribution >= 0.6 is 0 Å². The van der Waals surface area contributed by atoms with Crippen LogP contribution in [0.5, 0.6) is 0 Å². The van der Waals surface area contributed by atoms with Crippen molar-refractivity contribution in [2.75, 3.05) is 31.2 Å². The molecule has 3 heteroatoms. The molecule has 0 fully saturated rings. The summed E-state index contributed by atoms with van der Waals surface area (Å²) in [6.07, 6.45) is 0. The van der Waals surface area contributed by atoms with Gasteiger partial charge in [-0.2, -0.15) is 5.26 Å². The van der Waals surface area contributed by atoms with E-state index < -0.39 is 0 Å². The Labute approximate surface area is 97.3 Å². The Morgan fingerprint density at radius 1 is 1.25 bits per heavy atom. The van der Waals surface area contributed by atoms with Gasteiger partial charge in [-0.25, -0.2) is 0 Å². The van der Waals surface area contributed by atoms with Gasteiger partial charge in [0, 0.05) is 25.4 Å². The quantitative estimate of drug-likeness (QED) is 0.688. The predicted molar refractivity (Wildman–Crippen MR) is 65.5 cm³/mol. The summed E-state index contributed by atoms with van der Waals surface area (Å²) in [5, 5.41) is 8.71. The minimum absolute atomic E-state index is 0.699. The summed E-state index contributed by atoms with van der Waals surface area (Å²) in [5.74, 6) is 0. The zero-order chi connectivity index (χ0) is 11.8. The van der Waals surface area contributed by atoms with E-state index in [0.29, 0.717) is 5.56 Å². The van der Waals surface area contributed by atoms with Crippen molar-refractivity contribution in [3.05, 3.63) is 29.8 Å². The summed E-state index contributed by atoms with van der Waals surface area (Å²) in [6.45, 7) is 7.44. The van der Waals surface area contributed by atoms with Gasteiger partial charge in [0.15, 0.2) is 0 Å². The van der Waals surface area contributed by atoms with Gasteiger partial charge in [0.1, 0.15) is 0 Å². The second kappa shape index (κ2) is 6.86. The SMILES string of the molecule is CCOCCN(CC)c1ccc(C#N)cc1. The van der Waals surface area contributed by atoms with Crippen LogP contribution in [0, 0.1) is 11.3 Å². The third-order valence-electron chi connectivity index (χ3n) is 2.45. The van der Waals surface area contributed by atoms with Gasteiger partial charge in [0.2, 0.25) is 0 Å². The van der Waals surface area contributed by atoms with E-state index in [1.165, 1.54) is 0 Å². The number of anilines is 1. The van der Waals surface area contributed by atoms with Gasteiger partial charge >= 0.3 is 0 Å². The molecule has 1 aromatic carbocycles. The fourth-order valence-corrected chi connectivity index (χ4v) is 1.54. The molecule has 0 bridgehead atoms. The van der Waals surface area contributed by atoms with Gasteiger partial charge in [-0.05, 0) is 38.1 Å². The van der Waals surface area contributed by atoms with E-state index in [9.17, 15) is 0 Å². The number of rotatable bonds is 6. The summed E-state index contributed by atoms with van der Waals surface area (Å²) in [7, 11) is 0. The second-order valence-electron chi connectivity index (χ2n) is 3.44. The normalized spacial score (nSPS) is 9.81. The molecule has 0 aliphatic heterocycles. The molecule has 0 amide bonds.